The van der Waals surface area contributed by atoms with Gasteiger partial charge in [-0.3, -0.25) is 0 Å². The van der Waals surface area contributed by atoms with Crippen LogP contribution in [0.15, 0.2) is 0 Å². The van der Waals surface area contributed by atoms with E-state index >= 15 is 0 Å². The molecular formula is CH3O5S2. The quantitative estimate of drug-likeness (QED) is 0.445. The van der Waals surface area contributed by atoms with E-state index in [0.717, 1.165) is 0 Å². The van der Waals surface area contributed by atoms with Gasteiger partial charge in [0.05, 0.1) is 6.26 Å². The maximum absolute atomic E-state index is 9.75. The Labute approximate surface area is 46.4 Å². The van der Waals surface area contributed by atoms with Gasteiger partial charge in [-0.1, -0.05) is 4.55 Å². The second kappa shape index (κ2) is 1.67. The summed E-state index contributed by atoms with van der Waals surface area (Å²) in [4.78, 5) is 0. The Balaban J connectivity index is 5.18. The minimum Gasteiger partial charge on any atom is -0.210 e. The smallest absolute Gasteiger partial charge is 0.210 e. The Morgan fingerprint density at radius 2 is 1.12 bits per heavy atom. The van der Waals surface area contributed by atoms with Crippen LogP contribution in [0.5, 0.6) is 0 Å². The second-order valence-electron chi connectivity index (χ2n) is 1.11. The van der Waals surface area contributed by atoms with Gasteiger partial charge in [-0.15, -0.1) is 0 Å². The van der Waals surface area contributed by atoms with Crippen molar-refractivity contribution in [3.63, 3.8) is 0 Å². The molecule has 0 aromatic rings. The van der Waals surface area contributed by atoms with E-state index in [1.165, 1.54) is 0 Å². The van der Waals surface area contributed by atoms with E-state index in [-0.39, 0.29) is 0 Å². The predicted molar refractivity (Wildman–Crippen MR) is 24.5 cm³/mol. The molecule has 0 heterocycles. The van der Waals surface area contributed by atoms with Crippen molar-refractivity contribution < 1.29 is 21.4 Å². The minimum absolute atomic E-state index is 0.343. The third-order valence-electron chi connectivity index (χ3n) is 0.371. The molecule has 0 rings (SSSR count). The zero-order chi connectivity index (χ0) is 7.00. The van der Waals surface area contributed by atoms with Gasteiger partial charge in [0.1, 0.15) is 0 Å². The fraction of sp³-hybridized carbons (Fsp3) is 1.00. The third kappa shape index (κ3) is 1.76. The standard InChI is InChI=1S/CH3O5S2/c1-7(2,3)8(4,5)6/h1H3. The summed E-state index contributed by atoms with van der Waals surface area (Å²) in [6.45, 7) is 0. The van der Waals surface area contributed by atoms with Crippen molar-refractivity contribution >= 4 is 18.0 Å². The van der Waals surface area contributed by atoms with Gasteiger partial charge < -0.3 is 0 Å². The van der Waals surface area contributed by atoms with E-state index < -0.39 is 18.0 Å². The maximum Gasteiger partial charge on any atom is 0.402 e. The molecule has 0 aliphatic heterocycles. The van der Waals surface area contributed by atoms with Crippen molar-refractivity contribution in [1.82, 2.24) is 0 Å². The first-order chi connectivity index (χ1) is 3.25. The van der Waals surface area contributed by atoms with Crippen molar-refractivity contribution in [3.8, 4) is 0 Å². The lowest BCUT2D eigenvalue weighted by atomic mass is 12.0. The molecule has 7 heteroatoms. The third-order valence-corrected chi connectivity index (χ3v) is 3.34. The fourth-order valence-electron chi connectivity index (χ4n) is 0. The number of hydrogen-bond acceptors (Lipinski definition) is 4. The van der Waals surface area contributed by atoms with E-state index in [1.54, 1.807) is 0 Å². The van der Waals surface area contributed by atoms with E-state index in [1.807, 2.05) is 0 Å². The van der Waals surface area contributed by atoms with Crippen LogP contribution in [-0.2, 0) is 22.6 Å². The van der Waals surface area contributed by atoms with E-state index in [9.17, 15) is 21.4 Å². The molecule has 49 valence electrons. The highest BCUT2D eigenvalue weighted by Crippen LogP contribution is 1.92. The molecule has 0 aliphatic carbocycles. The molecule has 0 atom stereocenters. The molecule has 0 bridgehead atoms. The van der Waals surface area contributed by atoms with E-state index in [0.29, 0.717) is 6.26 Å². The lowest BCUT2D eigenvalue weighted by Crippen LogP contribution is -2.09. The average Bonchev–Trinajstić information content (AvgIpc) is 1.25. The first kappa shape index (κ1) is 7.86. The summed E-state index contributed by atoms with van der Waals surface area (Å²) in [6.07, 6.45) is 0.343. The SMILES string of the molecule is CS(=O)(=O)S([O])(=O)=O. The van der Waals surface area contributed by atoms with E-state index in [2.05, 4.69) is 0 Å². The summed E-state index contributed by atoms with van der Waals surface area (Å²) in [5.41, 5.74) is 0. The van der Waals surface area contributed by atoms with Crippen LogP contribution in [0.4, 0.5) is 0 Å². The zero-order valence-corrected chi connectivity index (χ0v) is 5.49. The molecule has 5 nitrogen and oxygen atoms in total. The largest absolute Gasteiger partial charge is 0.402 e. The Morgan fingerprint density at radius 3 is 1.12 bits per heavy atom. The molecule has 0 aromatic heterocycles. The normalized spacial score (nSPS) is 13.8. The van der Waals surface area contributed by atoms with Crippen molar-refractivity contribution in [3.05, 3.63) is 0 Å². The van der Waals surface area contributed by atoms with Crippen molar-refractivity contribution in [2.75, 3.05) is 6.26 Å². The molecule has 0 unspecified atom stereocenters. The van der Waals surface area contributed by atoms with Crippen molar-refractivity contribution in [2.45, 2.75) is 0 Å². The van der Waals surface area contributed by atoms with Gasteiger partial charge in [-0.2, -0.15) is 8.42 Å². The molecule has 0 fully saturated rings. The molecule has 0 spiro atoms. The van der Waals surface area contributed by atoms with Gasteiger partial charge in [0, 0.05) is 0 Å². The van der Waals surface area contributed by atoms with Gasteiger partial charge >= 0.3 is 9.15 Å². The highest BCUT2D eigenvalue weighted by Gasteiger charge is 2.21. The topological polar surface area (TPSA) is 88.2 Å². The Kier molecular flexibility index (Phi) is 1.65. The highest BCUT2D eigenvalue weighted by molar-refractivity contribution is 8.64. The van der Waals surface area contributed by atoms with Crippen LogP contribution in [0.2, 0.25) is 0 Å². The number of rotatable bonds is 1. The maximum atomic E-state index is 9.75. The first-order valence-electron chi connectivity index (χ1n) is 1.41. The molecule has 0 amide bonds. The van der Waals surface area contributed by atoms with Gasteiger partial charge in [-0.05, 0) is 0 Å². The van der Waals surface area contributed by atoms with Crippen LogP contribution >= 0.6 is 0 Å². The molecule has 0 saturated carbocycles. The molecule has 8 heavy (non-hydrogen) atoms. The van der Waals surface area contributed by atoms with Gasteiger partial charge in [-0.25, -0.2) is 8.42 Å². The fourth-order valence-corrected chi connectivity index (χ4v) is 0. The van der Waals surface area contributed by atoms with Crippen LogP contribution in [0, 0.1) is 0 Å². The number of hydrogen-bond donors (Lipinski definition) is 0. The molecule has 0 aromatic carbocycles. The lowest BCUT2D eigenvalue weighted by molar-refractivity contribution is 0.426. The minimum atomic E-state index is -5.12. The lowest BCUT2D eigenvalue weighted by Gasteiger charge is -1.83. The van der Waals surface area contributed by atoms with Gasteiger partial charge in [0.25, 0.3) is 8.87 Å². The molecule has 0 saturated heterocycles. The monoisotopic (exact) mass is 159 g/mol. The zero-order valence-electron chi connectivity index (χ0n) is 3.86. The Hall–Kier alpha value is -0.140. The molecular weight excluding hydrogens is 156 g/mol. The van der Waals surface area contributed by atoms with Crippen LogP contribution in [0.3, 0.4) is 0 Å². The molecule has 0 aliphatic rings. The van der Waals surface area contributed by atoms with Gasteiger partial charge in [0.2, 0.25) is 0 Å². The summed E-state index contributed by atoms with van der Waals surface area (Å²) in [6, 6.07) is 0. The van der Waals surface area contributed by atoms with Crippen LogP contribution in [0.1, 0.15) is 0 Å². The van der Waals surface area contributed by atoms with Crippen LogP contribution < -0.4 is 0 Å². The second-order valence-corrected chi connectivity index (χ2v) is 6.38. The Bertz CT molecular complexity index is 223. The summed E-state index contributed by atoms with van der Waals surface area (Å²) in [7, 11) is -9.54. The Morgan fingerprint density at radius 1 is 1.00 bits per heavy atom. The van der Waals surface area contributed by atoms with Gasteiger partial charge in [0.15, 0.2) is 0 Å². The molecule has 1 radical (unpaired) electrons. The summed E-state index contributed by atoms with van der Waals surface area (Å²) >= 11 is 0. The van der Waals surface area contributed by atoms with Crippen LogP contribution in [0.25, 0.3) is 0 Å². The first-order valence-corrected chi connectivity index (χ1v) is 5.22. The summed E-state index contributed by atoms with van der Waals surface area (Å²) in [5.74, 6) is 0. The van der Waals surface area contributed by atoms with Crippen molar-refractivity contribution in [2.24, 2.45) is 0 Å². The predicted octanol–water partition coefficient (Wildman–Crippen LogP) is -1.29. The summed E-state index contributed by atoms with van der Waals surface area (Å²) < 4.78 is 48.0. The average molecular weight is 159 g/mol. The highest BCUT2D eigenvalue weighted by atomic mass is 33.2. The summed E-state index contributed by atoms with van der Waals surface area (Å²) in [5, 5.41) is 0. The molecule has 0 N–H and O–H groups in total. The van der Waals surface area contributed by atoms with Crippen LogP contribution in [-0.4, -0.2) is 23.1 Å². The van der Waals surface area contributed by atoms with Crippen molar-refractivity contribution in [1.29, 1.82) is 0 Å². The van der Waals surface area contributed by atoms with E-state index in [4.69, 9.17) is 0 Å².